The van der Waals surface area contributed by atoms with Gasteiger partial charge >= 0.3 is 0 Å². The number of aromatic nitrogens is 6. The Morgan fingerprint density at radius 3 is 2.64 bits per heavy atom. The fourth-order valence-corrected chi connectivity index (χ4v) is 3.86. The molecule has 3 heterocycles. The van der Waals surface area contributed by atoms with Crippen LogP contribution in [0.25, 0.3) is 38.3 Å². The largest absolute Gasteiger partial charge is 0.497 e. The Bertz CT molecular complexity index is 1270. The van der Waals surface area contributed by atoms with Gasteiger partial charge in [0, 0.05) is 11.1 Å². The van der Waals surface area contributed by atoms with Gasteiger partial charge in [-0.2, -0.15) is 14.7 Å². The minimum Gasteiger partial charge on any atom is -0.497 e. The summed E-state index contributed by atoms with van der Waals surface area (Å²) in [6.07, 6.45) is 0. The summed E-state index contributed by atoms with van der Waals surface area (Å²) in [6.45, 7) is 2.06. The fourth-order valence-electron chi connectivity index (χ4n) is 3.06. The van der Waals surface area contributed by atoms with Crippen LogP contribution in [-0.2, 0) is 0 Å². The first-order chi connectivity index (χ1) is 13.7. The van der Waals surface area contributed by atoms with Crippen molar-refractivity contribution in [2.75, 3.05) is 7.11 Å². The number of rotatable bonds is 4. The second-order valence-electron chi connectivity index (χ2n) is 6.34. The van der Waals surface area contributed by atoms with Crippen LogP contribution in [0.5, 0.6) is 5.75 Å². The highest BCUT2D eigenvalue weighted by Crippen LogP contribution is 2.30. The molecule has 0 amide bonds. The van der Waals surface area contributed by atoms with E-state index in [2.05, 4.69) is 33.4 Å². The van der Waals surface area contributed by atoms with Gasteiger partial charge < -0.3 is 4.74 Å². The predicted octanol–water partition coefficient (Wildman–Crippen LogP) is 4.23. The van der Waals surface area contributed by atoms with Gasteiger partial charge in [-0.25, -0.2) is 0 Å². The third-order valence-corrected chi connectivity index (χ3v) is 5.50. The molecule has 5 rings (SSSR count). The van der Waals surface area contributed by atoms with Crippen molar-refractivity contribution in [3.05, 3.63) is 60.2 Å². The summed E-state index contributed by atoms with van der Waals surface area (Å²) >= 11 is 1.47. The zero-order chi connectivity index (χ0) is 19.1. The van der Waals surface area contributed by atoms with Gasteiger partial charge in [-0.3, -0.25) is 5.10 Å². The van der Waals surface area contributed by atoms with Crippen LogP contribution in [0, 0.1) is 6.92 Å². The number of nitrogens with zero attached hydrogens (tertiary/aromatic N) is 5. The molecule has 0 bridgehead atoms. The molecule has 0 atom stereocenters. The van der Waals surface area contributed by atoms with E-state index in [0.29, 0.717) is 0 Å². The van der Waals surface area contributed by atoms with Crippen LogP contribution >= 0.6 is 11.3 Å². The Morgan fingerprint density at radius 1 is 1.04 bits per heavy atom. The molecule has 0 unspecified atom stereocenters. The molecule has 0 aliphatic carbocycles. The average Bonchev–Trinajstić information content (AvgIpc) is 3.44. The monoisotopic (exact) mass is 388 g/mol. The van der Waals surface area contributed by atoms with Gasteiger partial charge in [0.15, 0.2) is 10.8 Å². The minimum atomic E-state index is 0.741. The standard InChI is InChI=1S/C20H16N6OS/c1-12-5-3-4-6-15(12)18-23-24-20-26(18)25-19(28-20)17-11-16(21-22-17)13-7-9-14(27-2)10-8-13/h3-11H,1-2H3,(H,21,22). The molecule has 7 nitrogen and oxygen atoms in total. The quantitative estimate of drug-likeness (QED) is 0.498. The predicted molar refractivity (Wildman–Crippen MR) is 108 cm³/mol. The van der Waals surface area contributed by atoms with E-state index >= 15 is 0 Å². The van der Waals surface area contributed by atoms with Crippen LogP contribution < -0.4 is 4.74 Å². The van der Waals surface area contributed by atoms with E-state index in [9.17, 15) is 0 Å². The Balaban J connectivity index is 1.52. The van der Waals surface area contributed by atoms with Gasteiger partial charge in [-0.05, 0) is 42.8 Å². The summed E-state index contributed by atoms with van der Waals surface area (Å²) in [5.41, 5.74) is 4.86. The highest BCUT2D eigenvalue weighted by Gasteiger charge is 2.17. The molecule has 28 heavy (non-hydrogen) atoms. The molecule has 5 aromatic rings. The van der Waals surface area contributed by atoms with Crippen molar-refractivity contribution in [1.29, 1.82) is 0 Å². The molecule has 8 heteroatoms. The Hall–Kier alpha value is -3.52. The van der Waals surface area contributed by atoms with Gasteiger partial charge in [0.05, 0.1) is 18.5 Å². The van der Waals surface area contributed by atoms with E-state index in [1.165, 1.54) is 11.3 Å². The number of aromatic amines is 1. The first-order valence-electron chi connectivity index (χ1n) is 8.71. The number of ether oxygens (including phenoxy) is 1. The van der Waals surface area contributed by atoms with Crippen molar-refractivity contribution in [3.63, 3.8) is 0 Å². The Morgan fingerprint density at radius 2 is 1.86 bits per heavy atom. The molecule has 0 fully saturated rings. The van der Waals surface area contributed by atoms with E-state index in [1.807, 2.05) is 48.5 Å². The number of nitrogens with one attached hydrogen (secondary N) is 1. The Labute approximate surface area is 164 Å². The molecule has 1 N–H and O–H groups in total. The highest BCUT2D eigenvalue weighted by atomic mass is 32.1. The fraction of sp³-hybridized carbons (Fsp3) is 0.100. The van der Waals surface area contributed by atoms with Gasteiger partial charge in [0.2, 0.25) is 4.96 Å². The summed E-state index contributed by atoms with van der Waals surface area (Å²) in [6, 6.07) is 17.9. The lowest BCUT2D eigenvalue weighted by Gasteiger charge is -2.00. The average molecular weight is 388 g/mol. The van der Waals surface area contributed by atoms with Gasteiger partial charge in [0.1, 0.15) is 5.75 Å². The smallest absolute Gasteiger partial charge is 0.235 e. The number of H-pyrrole nitrogens is 1. The first-order valence-corrected chi connectivity index (χ1v) is 9.53. The number of benzene rings is 2. The van der Waals surface area contributed by atoms with Crippen molar-refractivity contribution < 1.29 is 4.74 Å². The van der Waals surface area contributed by atoms with Gasteiger partial charge in [0.25, 0.3) is 0 Å². The maximum absolute atomic E-state index is 5.21. The molecule has 0 spiro atoms. The molecule has 0 saturated heterocycles. The van der Waals surface area contributed by atoms with Crippen LogP contribution in [0.1, 0.15) is 5.56 Å². The maximum Gasteiger partial charge on any atom is 0.235 e. The highest BCUT2D eigenvalue weighted by molar-refractivity contribution is 7.19. The minimum absolute atomic E-state index is 0.741. The molecule has 0 aliphatic heterocycles. The number of fused-ring (bicyclic) bond motifs is 1. The van der Waals surface area contributed by atoms with Crippen LogP contribution in [0.3, 0.4) is 0 Å². The van der Waals surface area contributed by atoms with Crippen molar-refractivity contribution in [2.45, 2.75) is 6.92 Å². The molecular formula is C20H16N6OS. The van der Waals surface area contributed by atoms with Gasteiger partial charge in [-0.15, -0.1) is 10.2 Å². The zero-order valence-electron chi connectivity index (χ0n) is 15.2. The van der Waals surface area contributed by atoms with Crippen LogP contribution in [0.15, 0.2) is 54.6 Å². The van der Waals surface area contributed by atoms with E-state index in [4.69, 9.17) is 9.84 Å². The number of aryl methyl sites for hydroxylation is 1. The summed E-state index contributed by atoms with van der Waals surface area (Å²) in [5.74, 6) is 1.56. The van der Waals surface area contributed by atoms with Crippen LogP contribution in [0.2, 0.25) is 0 Å². The van der Waals surface area contributed by atoms with E-state index in [1.54, 1.807) is 11.6 Å². The zero-order valence-corrected chi connectivity index (χ0v) is 16.1. The van der Waals surface area contributed by atoms with Crippen LogP contribution in [-0.4, -0.2) is 37.1 Å². The number of hydrogen-bond donors (Lipinski definition) is 1. The van der Waals surface area contributed by atoms with Crippen molar-refractivity contribution in [2.24, 2.45) is 0 Å². The third-order valence-electron chi connectivity index (χ3n) is 4.57. The Kier molecular flexibility index (Phi) is 3.91. The van der Waals surface area contributed by atoms with Crippen molar-refractivity contribution in [3.8, 4) is 39.1 Å². The molecule has 0 saturated carbocycles. The summed E-state index contributed by atoms with van der Waals surface area (Å²) < 4.78 is 7.00. The second-order valence-corrected chi connectivity index (χ2v) is 7.29. The summed E-state index contributed by atoms with van der Waals surface area (Å²) in [4.78, 5) is 0.744. The molecule has 2 aromatic carbocycles. The molecule has 3 aromatic heterocycles. The normalized spacial score (nSPS) is 11.2. The number of hydrogen-bond acceptors (Lipinski definition) is 6. The lowest BCUT2D eigenvalue weighted by Crippen LogP contribution is -1.93. The summed E-state index contributed by atoms with van der Waals surface area (Å²) in [7, 11) is 1.65. The van der Waals surface area contributed by atoms with E-state index in [0.717, 1.165) is 49.6 Å². The first kappa shape index (κ1) is 16.6. The van der Waals surface area contributed by atoms with E-state index < -0.39 is 0 Å². The van der Waals surface area contributed by atoms with Gasteiger partial charge in [-0.1, -0.05) is 35.6 Å². The summed E-state index contributed by atoms with van der Waals surface area (Å²) in [5, 5.41) is 21.6. The SMILES string of the molecule is COc1ccc(-c2cc(-c3nn4c(-c5ccccc5C)nnc4s3)[nH]n2)cc1. The lowest BCUT2D eigenvalue weighted by atomic mass is 10.1. The molecular weight excluding hydrogens is 372 g/mol. The lowest BCUT2D eigenvalue weighted by molar-refractivity contribution is 0.415. The van der Waals surface area contributed by atoms with Crippen molar-refractivity contribution >= 4 is 16.3 Å². The molecule has 0 radical (unpaired) electrons. The maximum atomic E-state index is 5.21. The topological polar surface area (TPSA) is 81.0 Å². The second kappa shape index (κ2) is 6.58. The third kappa shape index (κ3) is 2.74. The van der Waals surface area contributed by atoms with Crippen molar-refractivity contribution in [1.82, 2.24) is 30.0 Å². The number of methoxy groups -OCH3 is 1. The van der Waals surface area contributed by atoms with E-state index in [-0.39, 0.29) is 0 Å². The van der Waals surface area contributed by atoms with Crippen LogP contribution in [0.4, 0.5) is 0 Å². The molecule has 138 valence electrons. The molecule has 0 aliphatic rings.